The van der Waals surface area contributed by atoms with Gasteiger partial charge < -0.3 is 9.47 Å². The van der Waals surface area contributed by atoms with Gasteiger partial charge in [-0.1, -0.05) is 6.07 Å². The van der Waals surface area contributed by atoms with Gasteiger partial charge in [-0.3, -0.25) is 0 Å². The first-order valence-corrected chi connectivity index (χ1v) is 5.23. The van der Waals surface area contributed by atoms with Crippen molar-refractivity contribution < 1.29 is 14.3 Å². The third kappa shape index (κ3) is 4.15. The maximum atomic E-state index is 11.5. The summed E-state index contributed by atoms with van der Waals surface area (Å²) in [7, 11) is 0. The van der Waals surface area contributed by atoms with Crippen molar-refractivity contribution in [1.82, 2.24) is 0 Å². The summed E-state index contributed by atoms with van der Waals surface area (Å²) >= 11 is 0. The van der Waals surface area contributed by atoms with Gasteiger partial charge in [-0.05, 0) is 45.4 Å². The molecule has 17 heavy (non-hydrogen) atoms. The minimum Gasteiger partial charge on any atom is -0.428 e. The number of nitriles is 1. The van der Waals surface area contributed by atoms with E-state index in [1.165, 1.54) is 6.07 Å². The molecule has 1 rings (SSSR count). The van der Waals surface area contributed by atoms with Crippen LogP contribution in [0.15, 0.2) is 18.2 Å². The van der Waals surface area contributed by atoms with Crippen LogP contribution >= 0.6 is 0 Å². The first-order chi connectivity index (χ1) is 7.81. The van der Waals surface area contributed by atoms with Crippen LogP contribution in [0.3, 0.4) is 0 Å². The predicted molar refractivity (Wildman–Crippen MR) is 62.8 cm³/mol. The van der Waals surface area contributed by atoms with Crippen molar-refractivity contribution in [3.05, 3.63) is 29.3 Å². The van der Waals surface area contributed by atoms with Gasteiger partial charge >= 0.3 is 6.16 Å². The average molecular weight is 233 g/mol. The molecule has 0 unspecified atom stereocenters. The third-order valence-corrected chi connectivity index (χ3v) is 1.90. The molecule has 0 aromatic heterocycles. The van der Waals surface area contributed by atoms with Crippen LogP contribution in [-0.2, 0) is 4.74 Å². The van der Waals surface area contributed by atoms with Crippen molar-refractivity contribution in [2.45, 2.75) is 33.3 Å². The van der Waals surface area contributed by atoms with E-state index in [1.54, 1.807) is 39.8 Å². The quantitative estimate of drug-likeness (QED) is 0.552. The molecule has 0 atom stereocenters. The smallest absolute Gasteiger partial charge is 0.428 e. The van der Waals surface area contributed by atoms with Crippen molar-refractivity contribution in [3.8, 4) is 11.8 Å². The Morgan fingerprint density at radius 1 is 1.35 bits per heavy atom. The fraction of sp³-hybridized carbons (Fsp3) is 0.385. The fourth-order valence-electron chi connectivity index (χ4n) is 1.14. The van der Waals surface area contributed by atoms with Crippen LogP contribution in [0.4, 0.5) is 4.79 Å². The zero-order valence-electron chi connectivity index (χ0n) is 10.4. The molecule has 0 aliphatic heterocycles. The van der Waals surface area contributed by atoms with Crippen LogP contribution in [0.5, 0.6) is 5.75 Å². The van der Waals surface area contributed by atoms with Gasteiger partial charge in [0.15, 0.2) is 0 Å². The van der Waals surface area contributed by atoms with Gasteiger partial charge in [0.25, 0.3) is 0 Å². The molecule has 4 nitrogen and oxygen atoms in total. The van der Waals surface area contributed by atoms with Gasteiger partial charge in [-0.25, -0.2) is 4.79 Å². The van der Waals surface area contributed by atoms with Crippen molar-refractivity contribution >= 4 is 6.16 Å². The molecular formula is C13H15NO3. The lowest BCUT2D eigenvalue weighted by atomic mass is 10.1. The summed E-state index contributed by atoms with van der Waals surface area (Å²) in [4.78, 5) is 11.5. The Bertz CT molecular complexity index is 467. The molecule has 4 heteroatoms. The van der Waals surface area contributed by atoms with E-state index in [1.807, 2.05) is 6.07 Å². The average Bonchev–Trinajstić information content (AvgIpc) is 2.18. The summed E-state index contributed by atoms with van der Waals surface area (Å²) in [6, 6.07) is 6.88. The van der Waals surface area contributed by atoms with E-state index < -0.39 is 11.8 Å². The zero-order chi connectivity index (χ0) is 13.1. The highest BCUT2D eigenvalue weighted by molar-refractivity contribution is 5.65. The number of hydrogen-bond donors (Lipinski definition) is 0. The molecule has 0 bridgehead atoms. The molecule has 0 spiro atoms. The number of hydrogen-bond acceptors (Lipinski definition) is 4. The molecule has 0 aliphatic carbocycles. The highest BCUT2D eigenvalue weighted by Crippen LogP contribution is 2.20. The second-order valence-corrected chi connectivity index (χ2v) is 4.66. The van der Waals surface area contributed by atoms with E-state index in [0.717, 1.165) is 5.56 Å². The minimum atomic E-state index is -0.768. The third-order valence-electron chi connectivity index (χ3n) is 1.90. The number of carbonyl (C=O) groups excluding carboxylic acids is 1. The van der Waals surface area contributed by atoms with E-state index in [-0.39, 0.29) is 0 Å². The van der Waals surface area contributed by atoms with Gasteiger partial charge in [0.1, 0.15) is 11.4 Å². The second-order valence-electron chi connectivity index (χ2n) is 4.66. The standard InChI is InChI=1S/C13H15NO3/c1-9-5-6-10(8-14)7-11(9)16-12(15)17-13(2,3)4/h5-7H,1-4H3. The van der Waals surface area contributed by atoms with Gasteiger partial charge in [-0.15, -0.1) is 0 Å². The summed E-state index contributed by atoms with van der Waals surface area (Å²) < 4.78 is 10.1. The molecular weight excluding hydrogens is 218 g/mol. The molecule has 0 N–H and O–H groups in total. The Morgan fingerprint density at radius 3 is 2.53 bits per heavy atom. The van der Waals surface area contributed by atoms with Crippen molar-refractivity contribution in [2.75, 3.05) is 0 Å². The molecule has 0 saturated heterocycles. The summed E-state index contributed by atoms with van der Waals surface area (Å²) in [5.41, 5.74) is 0.613. The molecule has 90 valence electrons. The number of carbonyl (C=O) groups is 1. The lowest BCUT2D eigenvalue weighted by molar-refractivity contribution is 0.0205. The number of nitrogens with zero attached hydrogens (tertiary/aromatic N) is 1. The predicted octanol–water partition coefficient (Wildman–Crippen LogP) is 3.18. The Kier molecular flexibility index (Phi) is 3.74. The van der Waals surface area contributed by atoms with Gasteiger partial charge in [0.2, 0.25) is 0 Å². The van der Waals surface area contributed by atoms with Crippen molar-refractivity contribution in [2.24, 2.45) is 0 Å². The molecule has 1 aromatic rings. The van der Waals surface area contributed by atoms with Crippen LogP contribution in [0.2, 0.25) is 0 Å². The Labute approximate surface area is 101 Å². The number of rotatable bonds is 1. The number of aryl methyl sites for hydroxylation is 1. The van der Waals surface area contributed by atoms with E-state index in [0.29, 0.717) is 11.3 Å². The topological polar surface area (TPSA) is 59.3 Å². The maximum absolute atomic E-state index is 11.5. The van der Waals surface area contributed by atoms with E-state index in [4.69, 9.17) is 14.7 Å². The highest BCUT2D eigenvalue weighted by atomic mass is 16.7. The summed E-state index contributed by atoms with van der Waals surface area (Å²) in [6.45, 7) is 7.06. The SMILES string of the molecule is Cc1ccc(C#N)cc1OC(=O)OC(C)(C)C. The Balaban J connectivity index is 2.82. The molecule has 0 fully saturated rings. The van der Waals surface area contributed by atoms with E-state index in [2.05, 4.69) is 0 Å². The van der Waals surface area contributed by atoms with Gasteiger partial charge in [0.05, 0.1) is 11.6 Å². The van der Waals surface area contributed by atoms with Crippen LogP contribution < -0.4 is 4.74 Å². The maximum Gasteiger partial charge on any atom is 0.514 e. The molecule has 0 aliphatic rings. The molecule has 0 heterocycles. The molecule has 0 saturated carbocycles. The monoisotopic (exact) mass is 233 g/mol. The molecule has 0 amide bonds. The fourth-order valence-corrected chi connectivity index (χ4v) is 1.14. The summed E-state index contributed by atoms with van der Waals surface area (Å²) in [6.07, 6.45) is -0.768. The Morgan fingerprint density at radius 2 is 2.00 bits per heavy atom. The Hall–Kier alpha value is -2.02. The lowest BCUT2D eigenvalue weighted by Gasteiger charge is -2.19. The largest absolute Gasteiger partial charge is 0.514 e. The normalized spacial score (nSPS) is 10.5. The summed E-state index contributed by atoms with van der Waals surface area (Å²) in [5.74, 6) is 0.346. The van der Waals surface area contributed by atoms with Gasteiger partial charge in [0, 0.05) is 0 Å². The first-order valence-electron chi connectivity index (χ1n) is 5.23. The lowest BCUT2D eigenvalue weighted by Crippen LogP contribution is -2.26. The van der Waals surface area contributed by atoms with E-state index >= 15 is 0 Å². The van der Waals surface area contributed by atoms with E-state index in [9.17, 15) is 4.79 Å². The second kappa shape index (κ2) is 4.88. The summed E-state index contributed by atoms with van der Waals surface area (Å²) in [5, 5.41) is 8.75. The van der Waals surface area contributed by atoms with Crippen LogP contribution in [-0.4, -0.2) is 11.8 Å². The number of ether oxygens (including phenoxy) is 2. The number of benzene rings is 1. The zero-order valence-corrected chi connectivity index (χ0v) is 10.4. The molecule has 0 radical (unpaired) electrons. The first kappa shape index (κ1) is 13.0. The van der Waals surface area contributed by atoms with Crippen LogP contribution in [0.25, 0.3) is 0 Å². The van der Waals surface area contributed by atoms with Crippen LogP contribution in [0, 0.1) is 18.3 Å². The van der Waals surface area contributed by atoms with Crippen molar-refractivity contribution in [1.29, 1.82) is 5.26 Å². The van der Waals surface area contributed by atoms with Crippen LogP contribution in [0.1, 0.15) is 31.9 Å². The van der Waals surface area contributed by atoms with Gasteiger partial charge in [-0.2, -0.15) is 5.26 Å². The minimum absolute atomic E-state index is 0.346. The molecule has 1 aromatic carbocycles. The van der Waals surface area contributed by atoms with Crippen molar-refractivity contribution in [3.63, 3.8) is 0 Å². The highest BCUT2D eigenvalue weighted by Gasteiger charge is 2.18.